The fraction of sp³-hybridized carbons (Fsp3) is 0.467. The molecule has 1 atom stereocenters. The van der Waals surface area contributed by atoms with Gasteiger partial charge in [0.15, 0.2) is 0 Å². The number of aliphatic hydroxyl groups is 1. The number of hydrogen-bond acceptors (Lipinski definition) is 3. The molecule has 0 aliphatic carbocycles. The summed E-state index contributed by atoms with van der Waals surface area (Å²) in [5, 5.41) is 12.5. The van der Waals surface area contributed by atoms with E-state index in [1.807, 2.05) is 18.2 Å². The largest absolute Gasteiger partial charge is 0.458 e. The van der Waals surface area contributed by atoms with Crippen LogP contribution in [0.4, 0.5) is 0 Å². The van der Waals surface area contributed by atoms with Crippen LogP contribution < -0.4 is 0 Å². The molecule has 0 saturated carbocycles. The van der Waals surface area contributed by atoms with E-state index in [0.717, 1.165) is 23.1 Å². The summed E-state index contributed by atoms with van der Waals surface area (Å²) in [7, 11) is 0. The van der Waals surface area contributed by atoms with Crippen molar-refractivity contribution in [1.82, 2.24) is 0 Å². The molecule has 0 bridgehead atoms. The van der Waals surface area contributed by atoms with Crippen LogP contribution >= 0.6 is 23.4 Å². The molecule has 1 N–H and O–H groups in total. The fourth-order valence-electron chi connectivity index (χ4n) is 2.79. The Bertz CT molecular complexity index is 620. The molecular weight excluding hydrogens is 280 g/mol. The molecule has 1 aliphatic rings. The molecular formula is C15H17ClO2S. The van der Waals surface area contributed by atoms with Crippen molar-refractivity contribution >= 4 is 34.3 Å². The average Bonchev–Trinajstić information content (AvgIpc) is 2.70. The molecule has 0 spiro atoms. The number of halogens is 1. The van der Waals surface area contributed by atoms with Crippen molar-refractivity contribution in [1.29, 1.82) is 0 Å². The highest BCUT2D eigenvalue weighted by Gasteiger charge is 2.42. The number of rotatable bonds is 1. The van der Waals surface area contributed by atoms with Crippen LogP contribution in [0.3, 0.4) is 0 Å². The third kappa shape index (κ3) is 2.51. The fourth-order valence-corrected chi connectivity index (χ4v) is 4.31. The van der Waals surface area contributed by atoms with Gasteiger partial charge in [0.05, 0.1) is 0 Å². The van der Waals surface area contributed by atoms with Gasteiger partial charge in [-0.1, -0.05) is 25.4 Å². The monoisotopic (exact) mass is 296 g/mol. The second-order valence-electron chi connectivity index (χ2n) is 6.16. The van der Waals surface area contributed by atoms with E-state index in [-0.39, 0.29) is 5.41 Å². The van der Waals surface area contributed by atoms with Gasteiger partial charge in [0.2, 0.25) is 0 Å². The molecule has 0 amide bonds. The van der Waals surface area contributed by atoms with Crippen molar-refractivity contribution in [3.63, 3.8) is 0 Å². The minimum Gasteiger partial charge on any atom is -0.458 e. The van der Waals surface area contributed by atoms with Crippen LogP contribution in [0, 0.1) is 5.41 Å². The van der Waals surface area contributed by atoms with E-state index in [2.05, 4.69) is 13.8 Å². The van der Waals surface area contributed by atoms with Gasteiger partial charge in [-0.3, -0.25) is 0 Å². The van der Waals surface area contributed by atoms with Gasteiger partial charge in [0.1, 0.15) is 16.9 Å². The first-order valence-electron chi connectivity index (χ1n) is 6.38. The molecule has 1 fully saturated rings. The molecule has 102 valence electrons. The summed E-state index contributed by atoms with van der Waals surface area (Å²) in [6.07, 6.45) is 0.723. The first kappa shape index (κ1) is 13.3. The maximum atomic E-state index is 10.9. The molecule has 1 aromatic heterocycles. The predicted molar refractivity (Wildman–Crippen MR) is 80.8 cm³/mol. The first-order chi connectivity index (χ1) is 8.88. The summed E-state index contributed by atoms with van der Waals surface area (Å²) >= 11 is 7.77. The van der Waals surface area contributed by atoms with Crippen LogP contribution in [0.5, 0.6) is 0 Å². The molecule has 4 heteroatoms. The van der Waals surface area contributed by atoms with E-state index in [4.69, 9.17) is 16.0 Å². The molecule has 1 aromatic carbocycles. The van der Waals surface area contributed by atoms with Crippen LogP contribution in [0.1, 0.15) is 26.0 Å². The van der Waals surface area contributed by atoms with Crippen molar-refractivity contribution in [2.45, 2.75) is 25.9 Å². The molecule has 3 rings (SSSR count). The number of fused-ring (bicyclic) bond motifs is 1. The molecule has 1 saturated heterocycles. The molecule has 2 nitrogen and oxygen atoms in total. The maximum absolute atomic E-state index is 10.9. The van der Waals surface area contributed by atoms with E-state index in [1.54, 1.807) is 17.8 Å². The van der Waals surface area contributed by atoms with Gasteiger partial charge in [-0.15, -0.1) is 0 Å². The number of hydrogen-bond donors (Lipinski definition) is 1. The Morgan fingerprint density at radius 2 is 2.05 bits per heavy atom. The van der Waals surface area contributed by atoms with E-state index in [1.165, 1.54) is 0 Å². The van der Waals surface area contributed by atoms with Crippen molar-refractivity contribution in [2.75, 3.05) is 11.5 Å². The van der Waals surface area contributed by atoms with E-state index >= 15 is 0 Å². The van der Waals surface area contributed by atoms with Crippen molar-refractivity contribution in [2.24, 2.45) is 5.41 Å². The van der Waals surface area contributed by atoms with Crippen LogP contribution in [0.2, 0.25) is 5.02 Å². The zero-order valence-corrected chi connectivity index (χ0v) is 12.6. The summed E-state index contributed by atoms with van der Waals surface area (Å²) in [5.74, 6) is 2.41. The van der Waals surface area contributed by atoms with Gasteiger partial charge in [-0.2, -0.15) is 11.8 Å². The van der Waals surface area contributed by atoms with Crippen LogP contribution in [-0.4, -0.2) is 16.6 Å². The number of benzene rings is 1. The Labute approximate surface area is 122 Å². The molecule has 1 aliphatic heterocycles. The Morgan fingerprint density at radius 1 is 1.26 bits per heavy atom. The predicted octanol–water partition coefficient (Wildman–Crippen LogP) is 4.44. The summed E-state index contributed by atoms with van der Waals surface area (Å²) in [6, 6.07) is 7.45. The van der Waals surface area contributed by atoms with Crippen LogP contribution in [-0.2, 0) is 5.60 Å². The summed E-state index contributed by atoms with van der Waals surface area (Å²) < 4.78 is 5.84. The Morgan fingerprint density at radius 3 is 2.79 bits per heavy atom. The van der Waals surface area contributed by atoms with Gasteiger partial charge >= 0.3 is 0 Å². The van der Waals surface area contributed by atoms with Gasteiger partial charge < -0.3 is 9.52 Å². The van der Waals surface area contributed by atoms with Crippen molar-refractivity contribution in [3.8, 4) is 0 Å². The minimum absolute atomic E-state index is 0.119. The number of thioether (sulfide) groups is 1. The summed E-state index contributed by atoms with van der Waals surface area (Å²) in [6.45, 7) is 4.37. The van der Waals surface area contributed by atoms with E-state index in [9.17, 15) is 5.11 Å². The molecule has 0 radical (unpaired) electrons. The molecule has 2 heterocycles. The quantitative estimate of drug-likeness (QED) is 0.845. The van der Waals surface area contributed by atoms with E-state index in [0.29, 0.717) is 16.5 Å². The summed E-state index contributed by atoms with van der Waals surface area (Å²) in [5.41, 5.74) is 0.0212. The highest BCUT2D eigenvalue weighted by Crippen LogP contribution is 2.45. The SMILES string of the molecule is CC1(C)CSCC(O)(c2cc3cc(Cl)ccc3o2)C1. The second kappa shape index (κ2) is 4.44. The van der Waals surface area contributed by atoms with Gasteiger partial charge in [-0.05, 0) is 41.9 Å². The van der Waals surface area contributed by atoms with Crippen LogP contribution in [0.25, 0.3) is 11.0 Å². The Hall–Kier alpha value is -0.640. The average molecular weight is 297 g/mol. The summed E-state index contributed by atoms with van der Waals surface area (Å²) in [4.78, 5) is 0. The highest BCUT2D eigenvalue weighted by atomic mass is 35.5. The molecule has 1 unspecified atom stereocenters. The van der Waals surface area contributed by atoms with Gasteiger partial charge in [0.25, 0.3) is 0 Å². The van der Waals surface area contributed by atoms with Gasteiger partial charge in [0, 0.05) is 16.2 Å². The van der Waals surface area contributed by atoms with E-state index < -0.39 is 5.60 Å². The first-order valence-corrected chi connectivity index (χ1v) is 7.91. The smallest absolute Gasteiger partial charge is 0.137 e. The minimum atomic E-state index is -0.877. The third-order valence-electron chi connectivity index (χ3n) is 3.54. The lowest BCUT2D eigenvalue weighted by molar-refractivity contribution is -0.00222. The van der Waals surface area contributed by atoms with Crippen LogP contribution in [0.15, 0.2) is 28.7 Å². The zero-order chi connectivity index (χ0) is 13.7. The third-order valence-corrected chi connectivity index (χ3v) is 5.44. The Kier molecular flexibility index (Phi) is 3.12. The zero-order valence-electron chi connectivity index (χ0n) is 11.1. The highest BCUT2D eigenvalue weighted by molar-refractivity contribution is 7.99. The normalized spacial score (nSPS) is 26.7. The lowest BCUT2D eigenvalue weighted by atomic mass is 9.81. The standard InChI is InChI=1S/C15H17ClO2S/c1-14(2)7-15(17,9-19-8-14)13-6-10-5-11(16)3-4-12(10)18-13/h3-6,17H,7-9H2,1-2H3. The molecule has 19 heavy (non-hydrogen) atoms. The molecule has 2 aromatic rings. The van der Waals surface area contributed by atoms with Crippen molar-refractivity contribution in [3.05, 3.63) is 35.0 Å². The lowest BCUT2D eigenvalue weighted by Crippen LogP contribution is -2.39. The maximum Gasteiger partial charge on any atom is 0.137 e. The topological polar surface area (TPSA) is 33.4 Å². The Balaban J connectivity index is 2.03. The lowest BCUT2D eigenvalue weighted by Gasteiger charge is -2.39. The van der Waals surface area contributed by atoms with Crippen molar-refractivity contribution < 1.29 is 9.52 Å². The second-order valence-corrected chi connectivity index (χ2v) is 7.58. The van der Waals surface area contributed by atoms with Gasteiger partial charge in [-0.25, -0.2) is 0 Å². The number of furan rings is 1.